The minimum absolute atomic E-state index is 0.0992. The van der Waals surface area contributed by atoms with E-state index in [2.05, 4.69) is 47.1 Å². The Bertz CT molecular complexity index is 794. The average Bonchev–Trinajstić information content (AvgIpc) is 2.64. The van der Waals surface area contributed by atoms with Crippen molar-refractivity contribution in [3.63, 3.8) is 0 Å². The zero-order valence-electron chi connectivity index (χ0n) is 15.3. The summed E-state index contributed by atoms with van der Waals surface area (Å²) in [5.74, 6) is 0. The Morgan fingerprint density at radius 2 is 1.77 bits per heavy atom. The molecule has 0 bridgehead atoms. The highest BCUT2D eigenvalue weighted by Gasteiger charge is 2.16. The predicted octanol–water partition coefficient (Wildman–Crippen LogP) is 3.36. The van der Waals surface area contributed by atoms with E-state index in [9.17, 15) is 10.1 Å². The molecule has 136 valence electrons. The molecule has 1 fully saturated rings. The average molecular weight is 352 g/mol. The minimum atomic E-state index is -0.393. The predicted molar refractivity (Wildman–Crippen MR) is 103 cm³/mol. The van der Waals surface area contributed by atoms with Gasteiger partial charge < -0.3 is 0 Å². The Hall–Kier alpha value is -2.73. The topological polar surface area (TPSA) is 62.0 Å². The summed E-state index contributed by atoms with van der Waals surface area (Å²) in [6.45, 7) is 9.00. The first-order chi connectivity index (χ1) is 12.5. The number of hydrogen-bond acceptors (Lipinski definition) is 5. The highest BCUT2D eigenvalue weighted by atomic mass is 16.6. The van der Waals surface area contributed by atoms with E-state index in [0.717, 1.165) is 38.3 Å². The fourth-order valence-electron chi connectivity index (χ4n) is 3.11. The first-order valence-corrected chi connectivity index (χ1v) is 8.83. The van der Waals surface area contributed by atoms with Crippen molar-refractivity contribution in [2.45, 2.75) is 20.4 Å². The first-order valence-electron chi connectivity index (χ1n) is 8.83. The second-order valence-corrected chi connectivity index (χ2v) is 6.75. The number of non-ortho nitro benzene ring substituents is 1. The first kappa shape index (κ1) is 18.1. The van der Waals surface area contributed by atoms with Crippen LogP contribution in [0.4, 0.5) is 5.69 Å². The lowest BCUT2D eigenvalue weighted by molar-refractivity contribution is -0.384. The van der Waals surface area contributed by atoms with Gasteiger partial charge in [-0.15, -0.1) is 0 Å². The van der Waals surface area contributed by atoms with Gasteiger partial charge in [-0.3, -0.25) is 20.0 Å². The van der Waals surface area contributed by atoms with E-state index < -0.39 is 4.92 Å². The highest BCUT2D eigenvalue weighted by molar-refractivity contribution is 5.79. The third-order valence-corrected chi connectivity index (χ3v) is 4.71. The number of piperazine rings is 1. The van der Waals surface area contributed by atoms with Gasteiger partial charge in [-0.25, -0.2) is 0 Å². The van der Waals surface area contributed by atoms with Crippen LogP contribution in [0.1, 0.15) is 22.3 Å². The van der Waals surface area contributed by atoms with Crippen molar-refractivity contribution in [3.05, 3.63) is 74.8 Å². The minimum Gasteiger partial charge on any atom is -0.295 e. The molecule has 3 rings (SSSR count). The fraction of sp³-hybridized carbons (Fsp3) is 0.350. The largest absolute Gasteiger partial charge is 0.295 e. The number of nitro benzene ring substituents is 1. The molecule has 26 heavy (non-hydrogen) atoms. The molecule has 6 heteroatoms. The summed E-state index contributed by atoms with van der Waals surface area (Å²) in [5, 5.41) is 17.2. The van der Waals surface area contributed by atoms with Crippen LogP contribution in [-0.2, 0) is 6.54 Å². The van der Waals surface area contributed by atoms with Crippen LogP contribution < -0.4 is 0 Å². The number of aryl methyl sites for hydroxylation is 2. The quantitative estimate of drug-likeness (QED) is 0.470. The number of nitro groups is 1. The van der Waals surface area contributed by atoms with E-state index in [0.29, 0.717) is 0 Å². The molecule has 0 spiro atoms. The lowest BCUT2D eigenvalue weighted by Gasteiger charge is -2.33. The number of rotatable bonds is 5. The van der Waals surface area contributed by atoms with Gasteiger partial charge in [0.25, 0.3) is 5.69 Å². The van der Waals surface area contributed by atoms with Crippen LogP contribution in [-0.4, -0.2) is 47.2 Å². The number of hydrazone groups is 1. The Balaban J connectivity index is 1.51. The van der Waals surface area contributed by atoms with Gasteiger partial charge in [0.15, 0.2) is 0 Å². The lowest BCUT2D eigenvalue weighted by Crippen LogP contribution is -2.43. The maximum atomic E-state index is 10.7. The molecule has 2 aromatic carbocycles. The molecule has 0 radical (unpaired) electrons. The summed E-state index contributed by atoms with van der Waals surface area (Å²) in [5.41, 5.74) is 5.01. The molecule has 6 nitrogen and oxygen atoms in total. The zero-order chi connectivity index (χ0) is 18.5. The maximum absolute atomic E-state index is 10.7. The molecule has 0 saturated carbocycles. The number of benzene rings is 2. The summed E-state index contributed by atoms with van der Waals surface area (Å²) < 4.78 is 0. The van der Waals surface area contributed by atoms with E-state index >= 15 is 0 Å². The molecule has 1 aliphatic heterocycles. The fourth-order valence-corrected chi connectivity index (χ4v) is 3.11. The van der Waals surface area contributed by atoms with E-state index in [1.54, 1.807) is 18.3 Å². The van der Waals surface area contributed by atoms with E-state index in [-0.39, 0.29) is 5.69 Å². The summed E-state index contributed by atoms with van der Waals surface area (Å²) in [6.07, 6.45) is 1.77. The van der Waals surface area contributed by atoms with E-state index in [1.807, 2.05) is 0 Å². The molecule has 2 aromatic rings. The number of hydrogen-bond donors (Lipinski definition) is 0. The van der Waals surface area contributed by atoms with Gasteiger partial charge in [-0.1, -0.05) is 23.8 Å². The molecule has 1 aliphatic rings. The molecule has 0 amide bonds. The monoisotopic (exact) mass is 352 g/mol. The summed E-state index contributed by atoms with van der Waals surface area (Å²) >= 11 is 0. The molecule has 0 N–H and O–H groups in total. The van der Waals surface area contributed by atoms with Crippen molar-refractivity contribution in [1.29, 1.82) is 0 Å². The normalized spacial score (nSPS) is 15.5. The van der Waals surface area contributed by atoms with Crippen molar-refractivity contribution in [2.24, 2.45) is 5.10 Å². The third kappa shape index (κ3) is 4.67. The summed E-state index contributed by atoms with van der Waals surface area (Å²) in [7, 11) is 0. The van der Waals surface area contributed by atoms with Gasteiger partial charge in [-0.2, -0.15) is 5.10 Å². The lowest BCUT2D eigenvalue weighted by atomic mass is 10.1. The van der Waals surface area contributed by atoms with Crippen molar-refractivity contribution < 1.29 is 4.92 Å². The van der Waals surface area contributed by atoms with Gasteiger partial charge in [0.1, 0.15) is 0 Å². The highest BCUT2D eigenvalue weighted by Crippen LogP contribution is 2.15. The van der Waals surface area contributed by atoms with Gasteiger partial charge in [0, 0.05) is 44.9 Å². The van der Waals surface area contributed by atoms with Gasteiger partial charge in [0.05, 0.1) is 11.1 Å². The Morgan fingerprint density at radius 1 is 1.08 bits per heavy atom. The van der Waals surface area contributed by atoms with Crippen molar-refractivity contribution >= 4 is 11.9 Å². The SMILES string of the molecule is Cc1ccc(CN2CCN(N=Cc3ccc([N+](=O)[O-])cc3)CC2)c(C)c1. The van der Waals surface area contributed by atoms with Gasteiger partial charge in [0.2, 0.25) is 0 Å². The van der Waals surface area contributed by atoms with Crippen LogP contribution >= 0.6 is 0 Å². The molecule has 1 saturated heterocycles. The van der Waals surface area contributed by atoms with Crippen molar-refractivity contribution in [1.82, 2.24) is 9.91 Å². The second kappa shape index (κ2) is 8.10. The van der Waals surface area contributed by atoms with Crippen molar-refractivity contribution in [2.75, 3.05) is 26.2 Å². The van der Waals surface area contributed by atoms with Crippen LogP contribution in [0.2, 0.25) is 0 Å². The van der Waals surface area contributed by atoms with Crippen LogP contribution in [0.3, 0.4) is 0 Å². The number of nitrogens with zero attached hydrogens (tertiary/aromatic N) is 4. The van der Waals surface area contributed by atoms with E-state index in [4.69, 9.17) is 0 Å². The smallest absolute Gasteiger partial charge is 0.269 e. The molecule has 0 unspecified atom stereocenters. The van der Waals surface area contributed by atoms with Crippen molar-refractivity contribution in [3.8, 4) is 0 Å². The zero-order valence-corrected chi connectivity index (χ0v) is 15.3. The summed E-state index contributed by atoms with van der Waals surface area (Å²) in [4.78, 5) is 12.7. The summed E-state index contributed by atoms with van der Waals surface area (Å²) in [6, 6.07) is 13.1. The Kier molecular flexibility index (Phi) is 5.63. The standard InChI is InChI=1S/C20H24N4O2/c1-16-3-6-19(17(2)13-16)15-22-9-11-23(12-10-22)21-14-18-4-7-20(8-5-18)24(25)26/h3-8,13-14H,9-12,15H2,1-2H3. The van der Waals surface area contributed by atoms with E-state index in [1.165, 1.54) is 28.8 Å². The van der Waals surface area contributed by atoms with Crippen LogP contribution in [0, 0.1) is 24.0 Å². The molecular formula is C20H24N4O2. The van der Waals surface area contributed by atoms with Crippen LogP contribution in [0.15, 0.2) is 47.6 Å². The molecule has 0 atom stereocenters. The molecule has 0 aliphatic carbocycles. The van der Waals surface area contributed by atoms with Crippen LogP contribution in [0.5, 0.6) is 0 Å². The maximum Gasteiger partial charge on any atom is 0.269 e. The second-order valence-electron chi connectivity index (χ2n) is 6.75. The molecule has 0 aromatic heterocycles. The Labute approximate surface area is 153 Å². The molecular weight excluding hydrogens is 328 g/mol. The van der Waals surface area contributed by atoms with Gasteiger partial charge >= 0.3 is 0 Å². The third-order valence-electron chi connectivity index (χ3n) is 4.71. The van der Waals surface area contributed by atoms with Gasteiger partial charge in [-0.05, 0) is 42.7 Å². The van der Waals surface area contributed by atoms with Crippen LogP contribution in [0.25, 0.3) is 0 Å². The Morgan fingerprint density at radius 3 is 2.38 bits per heavy atom. The molecule has 1 heterocycles.